The Morgan fingerprint density at radius 1 is 0.879 bits per heavy atom. The minimum Gasteiger partial charge on any atom is -0.496 e. The molecule has 2 aromatic carbocycles. The Morgan fingerprint density at radius 3 is 2.06 bits per heavy atom. The van der Waals surface area contributed by atoms with Gasteiger partial charge in [0.1, 0.15) is 23.0 Å². The van der Waals surface area contributed by atoms with E-state index in [-0.39, 0.29) is 5.69 Å². The van der Waals surface area contributed by atoms with Crippen molar-refractivity contribution in [2.24, 2.45) is 0 Å². The van der Waals surface area contributed by atoms with Gasteiger partial charge in [0.15, 0.2) is 0 Å². The summed E-state index contributed by atoms with van der Waals surface area (Å²) in [4.78, 5) is 11.2. The molecule has 178 valence electrons. The zero-order chi connectivity index (χ0) is 24.4. The highest BCUT2D eigenvalue weighted by Gasteiger charge is 2.14. The number of hydrogen-bond acceptors (Lipinski definition) is 9. The van der Waals surface area contributed by atoms with Crippen LogP contribution in [0.4, 0.5) is 11.4 Å². The number of sulfonamides is 1. The van der Waals surface area contributed by atoms with Gasteiger partial charge >= 0.3 is 5.97 Å². The van der Waals surface area contributed by atoms with Crippen molar-refractivity contribution in [3.8, 4) is 23.0 Å². The second-order valence-corrected chi connectivity index (χ2v) is 7.88. The van der Waals surface area contributed by atoms with Gasteiger partial charge in [-0.2, -0.15) is 0 Å². The summed E-state index contributed by atoms with van der Waals surface area (Å²) in [5, 5.41) is 3.84. The van der Waals surface area contributed by atoms with E-state index in [9.17, 15) is 13.2 Å². The molecule has 11 heteroatoms. The molecule has 2 N–H and O–H groups in total. The van der Waals surface area contributed by atoms with Crippen LogP contribution in [0.25, 0.3) is 6.08 Å². The standard InChI is InChI=1S/C22H26N2O8S/c1-28-16-13-20(30-3)17(21(14-16)31-4)9-11-33(26,27)24-15-6-7-19(29-2)18(12-15)23-10-8-22(25)32-5/h6-14,23-24H,1-5H3. The van der Waals surface area contributed by atoms with Gasteiger partial charge in [-0.25, -0.2) is 13.2 Å². The quantitative estimate of drug-likeness (QED) is 0.370. The number of ether oxygens (including phenoxy) is 5. The van der Waals surface area contributed by atoms with Gasteiger partial charge in [-0.1, -0.05) is 0 Å². The van der Waals surface area contributed by atoms with E-state index in [1.807, 2.05) is 0 Å². The first-order valence-corrected chi connectivity index (χ1v) is 11.0. The van der Waals surface area contributed by atoms with Crippen LogP contribution in [-0.2, 0) is 19.6 Å². The third-order valence-electron chi connectivity index (χ3n) is 4.29. The van der Waals surface area contributed by atoms with Crippen molar-refractivity contribution in [3.63, 3.8) is 0 Å². The van der Waals surface area contributed by atoms with Crippen molar-refractivity contribution in [1.82, 2.24) is 0 Å². The van der Waals surface area contributed by atoms with Gasteiger partial charge in [0, 0.05) is 24.4 Å². The van der Waals surface area contributed by atoms with E-state index < -0.39 is 16.0 Å². The number of esters is 1. The molecule has 0 spiro atoms. The van der Waals surface area contributed by atoms with Crippen molar-refractivity contribution in [3.05, 3.63) is 53.6 Å². The molecule has 2 rings (SSSR count). The molecule has 0 saturated heterocycles. The first-order chi connectivity index (χ1) is 15.8. The van der Waals surface area contributed by atoms with E-state index in [1.165, 1.54) is 66.0 Å². The zero-order valence-electron chi connectivity index (χ0n) is 18.9. The number of hydrogen-bond donors (Lipinski definition) is 2. The van der Waals surface area contributed by atoms with Crippen LogP contribution >= 0.6 is 0 Å². The number of benzene rings is 2. The molecule has 2 aromatic rings. The summed E-state index contributed by atoms with van der Waals surface area (Å²) in [6.07, 6.45) is 3.89. The molecule has 0 unspecified atom stereocenters. The van der Waals surface area contributed by atoms with Gasteiger partial charge < -0.3 is 29.0 Å². The van der Waals surface area contributed by atoms with Gasteiger partial charge in [0.25, 0.3) is 10.0 Å². The van der Waals surface area contributed by atoms with Crippen LogP contribution in [0.3, 0.4) is 0 Å². The lowest BCUT2D eigenvalue weighted by Crippen LogP contribution is -2.09. The molecule has 33 heavy (non-hydrogen) atoms. The van der Waals surface area contributed by atoms with E-state index in [1.54, 1.807) is 18.2 Å². The minimum atomic E-state index is -3.91. The maximum atomic E-state index is 12.7. The van der Waals surface area contributed by atoms with Gasteiger partial charge in [-0.15, -0.1) is 0 Å². The van der Waals surface area contributed by atoms with Crippen LogP contribution in [0.15, 0.2) is 48.0 Å². The molecule has 0 amide bonds. The highest BCUT2D eigenvalue weighted by Crippen LogP contribution is 2.35. The number of nitrogens with one attached hydrogen (secondary N) is 2. The summed E-state index contributed by atoms with van der Waals surface area (Å²) in [5.74, 6) is 1.15. The lowest BCUT2D eigenvalue weighted by Gasteiger charge is -2.13. The molecule has 0 aromatic heterocycles. The van der Waals surface area contributed by atoms with E-state index in [0.717, 1.165) is 5.41 Å². The van der Waals surface area contributed by atoms with Crippen LogP contribution in [0, 0.1) is 0 Å². The number of carbonyl (C=O) groups excluding carboxylic acids is 1. The van der Waals surface area contributed by atoms with Crippen LogP contribution in [0.5, 0.6) is 23.0 Å². The minimum absolute atomic E-state index is 0.267. The number of carbonyl (C=O) groups is 1. The Balaban J connectivity index is 2.29. The normalized spacial score (nSPS) is 11.3. The first kappa shape index (κ1) is 25.4. The predicted molar refractivity (Wildman–Crippen MR) is 125 cm³/mol. The van der Waals surface area contributed by atoms with Crippen molar-refractivity contribution >= 4 is 33.4 Å². The van der Waals surface area contributed by atoms with Crippen LogP contribution in [0.1, 0.15) is 5.56 Å². The smallest absolute Gasteiger partial charge is 0.331 e. The second kappa shape index (κ2) is 11.7. The molecular formula is C22H26N2O8S. The fraction of sp³-hybridized carbons (Fsp3) is 0.227. The summed E-state index contributed by atoms with van der Waals surface area (Å²) < 4.78 is 53.4. The Hall–Kier alpha value is -3.86. The summed E-state index contributed by atoms with van der Waals surface area (Å²) in [6.45, 7) is 0. The third-order valence-corrected chi connectivity index (χ3v) is 5.30. The van der Waals surface area contributed by atoms with Crippen LogP contribution < -0.4 is 29.0 Å². The van der Waals surface area contributed by atoms with Crippen molar-refractivity contribution < 1.29 is 36.9 Å². The molecular weight excluding hydrogens is 452 g/mol. The highest BCUT2D eigenvalue weighted by molar-refractivity contribution is 7.95. The van der Waals surface area contributed by atoms with Crippen LogP contribution in [-0.4, -0.2) is 49.9 Å². The first-order valence-electron chi connectivity index (χ1n) is 9.46. The third kappa shape index (κ3) is 7.07. The molecule has 0 aliphatic carbocycles. The summed E-state index contributed by atoms with van der Waals surface area (Å²) in [6, 6.07) is 7.86. The van der Waals surface area contributed by atoms with E-state index in [4.69, 9.17) is 18.9 Å². The predicted octanol–water partition coefficient (Wildman–Crippen LogP) is 3.23. The lowest BCUT2D eigenvalue weighted by molar-refractivity contribution is -0.134. The molecule has 0 aliphatic rings. The highest BCUT2D eigenvalue weighted by atomic mass is 32.2. The molecule has 0 heterocycles. The maximum Gasteiger partial charge on any atom is 0.331 e. The van der Waals surface area contributed by atoms with Gasteiger partial charge in [-0.3, -0.25) is 4.72 Å². The second-order valence-electron chi connectivity index (χ2n) is 6.31. The molecule has 0 fully saturated rings. The van der Waals surface area contributed by atoms with Crippen LogP contribution in [0.2, 0.25) is 0 Å². The molecule has 0 atom stereocenters. The van der Waals surface area contributed by atoms with Gasteiger partial charge in [-0.05, 0) is 24.3 Å². The monoisotopic (exact) mass is 478 g/mol. The van der Waals surface area contributed by atoms with Gasteiger partial charge in [0.05, 0.1) is 57.9 Å². The Labute approximate surface area is 192 Å². The summed E-state index contributed by atoms with van der Waals surface area (Å²) >= 11 is 0. The average Bonchev–Trinajstić information content (AvgIpc) is 2.81. The maximum absolute atomic E-state index is 12.7. The number of methoxy groups -OCH3 is 5. The fourth-order valence-electron chi connectivity index (χ4n) is 2.70. The molecule has 0 aliphatic heterocycles. The number of anilines is 2. The van der Waals surface area contributed by atoms with Crippen molar-refractivity contribution in [2.45, 2.75) is 0 Å². The molecule has 0 bridgehead atoms. The zero-order valence-corrected chi connectivity index (χ0v) is 19.7. The summed E-state index contributed by atoms with van der Waals surface area (Å²) in [7, 11) is 3.23. The Morgan fingerprint density at radius 2 is 1.52 bits per heavy atom. The van der Waals surface area contributed by atoms with E-state index in [0.29, 0.717) is 34.2 Å². The Kier molecular flexibility index (Phi) is 8.98. The topological polar surface area (TPSA) is 121 Å². The van der Waals surface area contributed by atoms with Gasteiger partial charge in [0.2, 0.25) is 0 Å². The summed E-state index contributed by atoms with van der Waals surface area (Å²) in [5.41, 5.74) is 1.12. The Bertz CT molecular complexity index is 1120. The van der Waals surface area contributed by atoms with E-state index in [2.05, 4.69) is 14.8 Å². The largest absolute Gasteiger partial charge is 0.496 e. The molecule has 0 saturated carbocycles. The van der Waals surface area contributed by atoms with Crippen molar-refractivity contribution in [2.75, 3.05) is 45.6 Å². The SMILES string of the molecule is COC(=O)C=CNc1cc(NS(=O)(=O)C=Cc2c(OC)cc(OC)cc2OC)ccc1OC. The molecule has 0 radical (unpaired) electrons. The fourth-order valence-corrected chi connectivity index (χ4v) is 3.54. The number of rotatable bonds is 11. The average molecular weight is 479 g/mol. The van der Waals surface area contributed by atoms with Crippen molar-refractivity contribution in [1.29, 1.82) is 0 Å². The van der Waals surface area contributed by atoms with E-state index >= 15 is 0 Å². The lowest BCUT2D eigenvalue weighted by atomic mass is 10.1. The molecule has 10 nitrogen and oxygen atoms in total.